The molecule has 2 rings (SSSR count). The number of hydrogen-bond donors (Lipinski definition) is 2. The molecule has 0 spiro atoms. The van der Waals surface area contributed by atoms with Crippen LogP contribution in [0.25, 0.3) is 0 Å². The summed E-state index contributed by atoms with van der Waals surface area (Å²) < 4.78 is 10.3. The number of carbonyl (C=O) groups is 3. The number of ether oxygens (including phenoxy) is 2. The van der Waals surface area contributed by atoms with Gasteiger partial charge in [0.25, 0.3) is 11.8 Å². The van der Waals surface area contributed by atoms with Crippen LogP contribution in [0.15, 0.2) is 24.3 Å². The van der Waals surface area contributed by atoms with E-state index in [1.54, 1.807) is 24.3 Å². The maximum absolute atomic E-state index is 12.2. The molecule has 0 aliphatic heterocycles. The monoisotopic (exact) mass is 376 g/mol. The van der Waals surface area contributed by atoms with Crippen LogP contribution in [-0.4, -0.2) is 43.6 Å². The molecule has 0 heterocycles. The molecule has 27 heavy (non-hydrogen) atoms. The van der Waals surface area contributed by atoms with Crippen LogP contribution in [-0.2, 0) is 14.3 Å². The molecular weight excluding hydrogens is 348 g/mol. The highest BCUT2D eigenvalue weighted by atomic mass is 16.5. The van der Waals surface area contributed by atoms with E-state index < -0.39 is 18.0 Å². The Kier molecular flexibility index (Phi) is 7.64. The Hall–Kier alpha value is -2.57. The van der Waals surface area contributed by atoms with E-state index in [1.165, 1.54) is 20.5 Å². The van der Waals surface area contributed by atoms with Crippen LogP contribution < -0.4 is 15.4 Å². The molecule has 1 fully saturated rings. The summed E-state index contributed by atoms with van der Waals surface area (Å²) >= 11 is 0. The summed E-state index contributed by atoms with van der Waals surface area (Å²) in [4.78, 5) is 36.4. The van der Waals surface area contributed by atoms with Crippen molar-refractivity contribution in [2.75, 3.05) is 13.7 Å². The first-order chi connectivity index (χ1) is 12.9. The van der Waals surface area contributed by atoms with Crippen LogP contribution in [0, 0.1) is 5.92 Å². The average molecular weight is 376 g/mol. The van der Waals surface area contributed by atoms with E-state index in [0.29, 0.717) is 17.2 Å². The van der Waals surface area contributed by atoms with Gasteiger partial charge in [-0.05, 0) is 37.8 Å². The molecule has 2 amide bonds. The highest BCUT2D eigenvalue weighted by Gasteiger charge is 2.26. The number of amides is 2. The minimum atomic E-state index is -0.908. The van der Waals surface area contributed by atoms with Crippen LogP contribution in [0.4, 0.5) is 0 Å². The molecule has 0 unspecified atom stereocenters. The van der Waals surface area contributed by atoms with Crippen molar-refractivity contribution < 1.29 is 23.9 Å². The minimum absolute atomic E-state index is 0.123. The summed E-state index contributed by atoms with van der Waals surface area (Å²) in [5.41, 5.74) is 0.324. The van der Waals surface area contributed by atoms with Crippen LogP contribution >= 0.6 is 0 Å². The SMILES string of the molecule is COc1ccccc1C(=O)NCC(=O)O[C@H](C)C(=O)N[C@@H]1CCCC[C@H]1C. The standard InChI is InChI=1S/C20H28N2O5/c1-13-8-4-6-10-16(13)22-19(24)14(2)27-18(23)12-21-20(25)15-9-5-7-11-17(15)26-3/h5,7,9,11,13-14,16H,4,6,8,10,12H2,1-3H3,(H,21,25)(H,22,24)/t13-,14-,16-/m1/s1. The first kappa shape index (κ1) is 20.7. The summed E-state index contributed by atoms with van der Waals surface area (Å²) in [6.07, 6.45) is 3.41. The Bertz CT molecular complexity index is 676. The lowest BCUT2D eigenvalue weighted by atomic mass is 9.86. The van der Waals surface area contributed by atoms with Crippen molar-refractivity contribution in [1.29, 1.82) is 0 Å². The molecule has 148 valence electrons. The number of hydrogen-bond acceptors (Lipinski definition) is 5. The van der Waals surface area contributed by atoms with Crippen LogP contribution in [0.5, 0.6) is 5.75 Å². The zero-order valence-electron chi connectivity index (χ0n) is 16.1. The molecule has 7 heteroatoms. The van der Waals surface area contributed by atoms with E-state index in [1.807, 2.05) is 0 Å². The topological polar surface area (TPSA) is 93.7 Å². The first-order valence-corrected chi connectivity index (χ1v) is 9.33. The van der Waals surface area contributed by atoms with Gasteiger partial charge in [0.1, 0.15) is 12.3 Å². The van der Waals surface area contributed by atoms with Crippen LogP contribution in [0.2, 0.25) is 0 Å². The van der Waals surface area contributed by atoms with E-state index in [9.17, 15) is 14.4 Å². The molecule has 1 aliphatic carbocycles. The molecule has 1 saturated carbocycles. The van der Waals surface area contributed by atoms with Crippen molar-refractivity contribution in [3.05, 3.63) is 29.8 Å². The van der Waals surface area contributed by atoms with Gasteiger partial charge in [-0.25, -0.2) is 0 Å². The van der Waals surface area contributed by atoms with Crippen LogP contribution in [0.1, 0.15) is 49.9 Å². The maximum atomic E-state index is 12.2. The summed E-state index contributed by atoms with van der Waals surface area (Å²) in [5, 5.41) is 5.44. The number of para-hydroxylation sites is 1. The number of carbonyl (C=O) groups excluding carboxylic acids is 3. The van der Waals surface area contributed by atoms with Crippen LogP contribution in [0.3, 0.4) is 0 Å². The molecule has 3 atom stereocenters. The lowest BCUT2D eigenvalue weighted by molar-refractivity contribution is -0.154. The fourth-order valence-corrected chi connectivity index (χ4v) is 3.20. The van der Waals surface area contributed by atoms with E-state index >= 15 is 0 Å². The highest BCUT2D eigenvalue weighted by molar-refractivity contribution is 5.98. The Morgan fingerprint density at radius 3 is 2.59 bits per heavy atom. The average Bonchev–Trinajstić information content (AvgIpc) is 2.67. The zero-order chi connectivity index (χ0) is 19.8. The summed E-state index contributed by atoms with van der Waals surface area (Å²) in [6.45, 7) is 3.32. The molecule has 1 aromatic carbocycles. The lowest BCUT2D eigenvalue weighted by Crippen LogP contribution is -2.46. The zero-order valence-corrected chi connectivity index (χ0v) is 16.1. The Balaban J connectivity index is 1.79. The van der Waals surface area contributed by atoms with E-state index in [-0.39, 0.29) is 18.5 Å². The third-order valence-corrected chi connectivity index (χ3v) is 4.86. The molecule has 7 nitrogen and oxygen atoms in total. The first-order valence-electron chi connectivity index (χ1n) is 9.33. The number of nitrogens with one attached hydrogen (secondary N) is 2. The molecule has 0 aromatic heterocycles. The predicted molar refractivity (Wildman–Crippen MR) is 100 cm³/mol. The lowest BCUT2D eigenvalue weighted by Gasteiger charge is -2.30. The fraction of sp³-hybridized carbons (Fsp3) is 0.550. The molecule has 1 aliphatic rings. The molecule has 0 saturated heterocycles. The number of rotatable bonds is 7. The third kappa shape index (κ3) is 5.98. The Morgan fingerprint density at radius 1 is 1.19 bits per heavy atom. The summed E-state index contributed by atoms with van der Waals surface area (Å²) in [7, 11) is 1.47. The van der Waals surface area contributed by atoms with Crippen molar-refractivity contribution >= 4 is 17.8 Å². The number of benzene rings is 1. The van der Waals surface area contributed by atoms with Crippen molar-refractivity contribution in [1.82, 2.24) is 10.6 Å². The quantitative estimate of drug-likeness (QED) is 0.711. The van der Waals surface area contributed by atoms with Gasteiger partial charge >= 0.3 is 5.97 Å². The minimum Gasteiger partial charge on any atom is -0.496 e. The van der Waals surface area contributed by atoms with Gasteiger partial charge in [-0.2, -0.15) is 0 Å². The second-order valence-electron chi connectivity index (χ2n) is 6.89. The summed E-state index contributed by atoms with van der Waals surface area (Å²) in [6, 6.07) is 6.83. The van der Waals surface area contributed by atoms with E-state index in [2.05, 4.69) is 17.6 Å². The second-order valence-corrected chi connectivity index (χ2v) is 6.89. The maximum Gasteiger partial charge on any atom is 0.326 e. The fourth-order valence-electron chi connectivity index (χ4n) is 3.20. The van der Waals surface area contributed by atoms with Crippen molar-refractivity contribution in [3.63, 3.8) is 0 Å². The predicted octanol–water partition coefficient (Wildman–Crippen LogP) is 2.05. The highest BCUT2D eigenvalue weighted by Crippen LogP contribution is 2.23. The molecule has 2 N–H and O–H groups in total. The Morgan fingerprint density at radius 2 is 1.89 bits per heavy atom. The second kappa shape index (κ2) is 9.94. The van der Waals surface area contributed by atoms with Gasteiger partial charge in [0.05, 0.1) is 12.7 Å². The number of methoxy groups -OCH3 is 1. The molecule has 1 aromatic rings. The van der Waals surface area contributed by atoms with Gasteiger partial charge in [0.2, 0.25) is 0 Å². The van der Waals surface area contributed by atoms with E-state index in [4.69, 9.17) is 9.47 Å². The molecule has 0 radical (unpaired) electrons. The van der Waals surface area contributed by atoms with Gasteiger partial charge in [0, 0.05) is 6.04 Å². The van der Waals surface area contributed by atoms with Gasteiger partial charge in [0.15, 0.2) is 6.10 Å². The van der Waals surface area contributed by atoms with Crippen molar-refractivity contribution in [3.8, 4) is 5.75 Å². The molecule has 0 bridgehead atoms. The van der Waals surface area contributed by atoms with Gasteiger partial charge < -0.3 is 20.1 Å². The molecular formula is C20H28N2O5. The van der Waals surface area contributed by atoms with Crippen molar-refractivity contribution in [2.24, 2.45) is 5.92 Å². The third-order valence-electron chi connectivity index (χ3n) is 4.86. The largest absolute Gasteiger partial charge is 0.496 e. The summed E-state index contributed by atoms with van der Waals surface area (Å²) in [5.74, 6) is -0.586. The van der Waals surface area contributed by atoms with Crippen molar-refractivity contribution in [2.45, 2.75) is 51.7 Å². The van der Waals surface area contributed by atoms with Gasteiger partial charge in [-0.3, -0.25) is 14.4 Å². The smallest absolute Gasteiger partial charge is 0.326 e. The van der Waals surface area contributed by atoms with E-state index in [0.717, 1.165) is 19.3 Å². The van der Waals surface area contributed by atoms with Gasteiger partial charge in [-0.15, -0.1) is 0 Å². The Labute approximate surface area is 159 Å². The van der Waals surface area contributed by atoms with Gasteiger partial charge in [-0.1, -0.05) is 31.9 Å². The number of esters is 1. The normalized spacial score (nSPS) is 20.3.